The maximum atomic E-state index is 10.6. The molecule has 98 valence electrons. The molecule has 0 amide bonds. The topological polar surface area (TPSA) is 89.3 Å². The van der Waals surface area contributed by atoms with Crippen molar-refractivity contribution in [3.8, 4) is 0 Å². The van der Waals surface area contributed by atoms with Gasteiger partial charge >= 0.3 is 5.97 Å². The summed E-state index contributed by atoms with van der Waals surface area (Å²) in [4.78, 5) is 12.6. The lowest BCUT2D eigenvalue weighted by molar-refractivity contribution is -0.136. The van der Waals surface area contributed by atoms with Gasteiger partial charge in [0.1, 0.15) is 0 Å². The Hall–Kier alpha value is -2.14. The highest BCUT2D eigenvalue weighted by molar-refractivity contribution is 7.99. The van der Waals surface area contributed by atoms with Gasteiger partial charge < -0.3 is 16.6 Å². The molecule has 5 N–H and O–H groups in total. The first-order chi connectivity index (χ1) is 9.04. The molecule has 19 heavy (non-hydrogen) atoms. The van der Waals surface area contributed by atoms with Crippen molar-refractivity contribution in [1.29, 1.82) is 0 Å². The second-order valence-electron chi connectivity index (χ2n) is 4.11. The quantitative estimate of drug-likeness (QED) is 0.746. The van der Waals surface area contributed by atoms with E-state index in [9.17, 15) is 4.79 Å². The zero-order chi connectivity index (χ0) is 13.8. The van der Waals surface area contributed by atoms with E-state index in [1.165, 1.54) is 0 Å². The number of rotatable bonds is 4. The van der Waals surface area contributed by atoms with Crippen LogP contribution in [0.4, 0.5) is 11.4 Å². The van der Waals surface area contributed by atoms with E-state index >= 15 is 0 Å². The predicted molar refractivity (Wildman–Crippen MR) is 77.2 cm³/mol. The lowest BCUT2D eigenvalue weighted by Crippen LogP contribution is -1.99. The van der Waals surface area contributed by atoms with E-state index in [1.807, 2.05) is 36.4 Å². The Morgan fingerprint density at radius 2 is 1.63 bits per heavy atom. The van der Waals surface area contributed by atoms with Crippen LogP contribution in [-0.2, 0) is 11.2 Å². The molecule has 0 aromatic heterocycles. The number of hydrogen-bond acceptors (Lipinski definition) is 4. The molecule has 0 saturated heterocycles. The van der Waals surface area contributed by atoms with Gasteiger partial charge in [-0.1, -0.05) is 23.9 Å². The highest BCUT2D eigenvalue weighted by Crippen LogP contribution is 2.30. The summed E-state index contributed by atoms with van der Waals surface area (Å²) in [7, 11) is 0. The van der Waals surface area contributed by atoms with Crippen molar-refractivity contribution in [3.05, 3.63) is 48.0 Å². The number of benzene rings is 2. The van der Waals surface area contributed by atoms with E-state index in [0.717, 1.165) is 15.4 Å². The Morgan fingerprint density at radius 1 is 1.00 bits per heavy atom. The minimum atomic E-state index is -0.827. The van der Waals surface area contributed by atoms with Gasteiger partial charge in [0.05, 0.1) is 17.8 Å². The fraction of sp³-hybridized carbons (Fsp3) is 0.0714. The molecule has 0 atom stereocenters. The zero-order valence-electron chi connectivity index (χ0n) is 10.2. The average Bonchev–Trinajstić information content (AvgIpc) is 2.36. The van der Waals surface area contributed by atoms with Crippen molar-refractivity contribution < 1.29 is 9.90 Å². The molecule has 0 heterocycles. The molecule has 0 aliphatic heterocycles. The number of hydrogen-bond donors (Lipinski definition) is 3. The number of anilines is 2. The molecule has 0 bridgehead atoms. The summed E-state index contributed by atoms with van der Waals surface area (Å²) in [5, 5.41) is 8.70. The van der Waals surface area contributed by atoms with Crippen LogP contribution in [0.5, 0.6) is 0 Å². The summed E-state index contributed by atoms with van der Waals surface area (Å²) in [6, 6.07) is 12.9. The third kappa shape index (κ3) is 3.66. The van der Waals surface area contributed by atoms with Crippen molar-refractivity contribution in [2.24, 2.45) is 0 Å². The van der Waals surface area contributed by atoms with Gasteiger partial charge in [-0.2, -0.15) is 0 Å². The van der Waals surface area contributed by atoms with Crippen LogP contribution in [-0.4, -0.2) is 11.1 Å². The van der Waals surface area contributed by atoms with Crippen LogP contribution in [0.15, 0.2) is 52.3 Å². The first-order valence-electron chi connectivity index (χ1n) is 5.68. The van der Waals surface area contributed by atoms with Crippen LogP contribution in [0.25, 0.3) is 0 Å². The minimum Gasteiger partial charge on any atom is -0.481 e. The van der Waals surface area contributed by atoms with E-state index in [2.05, 4.69) is 0 Å². The summed E-state index contributed by atoms with van der Waals surface area (Å²) in [6.45, 7) is 0. The van der Waals surface area contributed by atoms with Gasteiger partial charge in [0.15, 0.2) is 0 Å². The minimum absolute atomic E-state index is 0.0414. The van der Waals surface area contributed by atoms with E-state index in [0.29, 0.717) is 11.4 Å². The van der Waals surface area contributed by atoms with Gasteiger partial charge in [-0.25, -0.2) is 0 Å². The number of nitrogen functional groups attached to an aromatic ring is 2. The monoisotopic (exact) mass is 274 g/mol. The average molecular weight is 274 g/mol. The second-order valence-corrected chi connectivity index (χ2v) is 5.25. The summed E-state index contributed by atoms with van der Waals surface area (Å²) in [5.74, 6) is -0.827. The molecule has 4 nitrogen and oxygen atoms in total. The highest BCUT2D eigenvalue weighted by atomic mass is 32.2. The lowest BCUT2D eigenvalue weighted by atomic mass is 10.2. The maximum absolute atomic E-state index is 10.6. The van der Waals surface area contributed by atoms with Gasteiger partial charge in [0.25, 0.3) is 0 Å². The molecule has 0 radical (unpaired) electrons. The SMILES string of the molecule is Nc1ccc(Sc2ccc(CC(=O)O)cc2)cc1N. The zero-order valence-corrected chi connectivity index (χ0v) is 11.0. The van der Waals surface area contributed by atoms with E-state index in [4.69, 9.17) is 16.6 Å². The fourth-order valence-corrected chi connectivity index (χ4v) is 2.47. The third-order valence-electron chi connectivity index (χ3n) is 2.57. The molecule has 0 spiro atoms. The van der Waals surface area contributed by atoms with Gasteiger partial charge in [-0.15, -0.1) is 0 Å². The molecule has 0 fully saturated rings. The standard InChI is InChI=1S/C14H14N2O2S/c15-12-6-5-11(8-13(12)16)19-10-3-1-9(2-4-10)7-14(17)18/h1-6,8H,7,15-16H2,(H,17,18). The summed E-state index contributed by atoms with van der Waals surface area (Å²) >= 11 is 1.56. The summed E-state index contributed by atoms with van der Waals surface area (Å²) in [6.07, 6.45) is 0.0414. The molecular weight excluding hydrogens is 260 g/mol. The Kier molecular flexibility index (Phi) is 3.97. The lowest BCUT2D eigenvalue weighted by Gasteiger charge is -2.05. The van der Waals surface area contributed by atoms with Crippen LogP contribution in [0.3, 0.4) is 0 Å². The van der Waals surface area contributed by atoms with Gasteiger partial charge in [0, 0.05) is 9.79 Å². The molecule has 2 aromatic rings. The van der Waals surface area contributed by atoms with Crippen LogP contribution in [0.1, 0.15) is 5.56 Å². The second kappa shape index (κ2) is 5.67. The first-order valence-corrected chi connectivity index (χ1v) is 6.50. The van der Waals surface area contributed by atoms with Gasteiger partial charge in [0.2, 0.25) is 0 Å². The maximum Gasteiger partial charge on any atom is 0.307 e. The fourth-order valence-electron chi connectivity index (χ4n) is 1.60. The van der Waals surface area contributed by atoms with Crippen molar-refractivity contribution in [3.63, 3.8) is 0 Å². The number of carboxylic acid groups (broad SMARTS) is 1. The highest BCUT2D eigenvalue weighted by Gasteiger charge is 2.03. The van der Waals surface area contributed by atoms with Crippen molar-refractivity contribution in [2.45, 2.75) is 16.2 Å². The first kappa shape index (κ1) is 13.3. The van der Waals surface area contributed by atoms with Gasteiger partial charge in [-0.3, -0.25) is 4.79 Å². The molecule has 2 aromatic carbocycles. The summed E-state index contributed by atoms with van der Waals surface area (Å²) in [5.41, 5.74) is 13.3. The summed E-state index contributed by atoms with van der Waals surface area (Å²) < 4.78 is 0. The van der Waals surface area contributed by atoms with E-state index in [1.54, 1.807) is 17.8 Å². The molecule has 0 unspecified atom stereocenters. The van der Waals surface area contributed by atoms with Crippen molar-refractivity contribution >= 4 is 29.1 Å². The van der Waals surface area contributed by atoms with Gasteiger partial charge in [-0.05, 0) is 35.9 Å². The molecular formula is C14H14N2O2S. The van der Waals surface area contributed by atoms with E-state index in [-0.39, 0.29) is 6.42 Å². The van der Waals surface area contributed by atoms with Crippen molar-refractivity contribution in [2.75, 3.05) is 11.5 Å². The number of carboxylic acids is 1. The van der Waals surface area contributed by atoms with Crippen molar-refractivity contribution in [1.82, 2.24) is 0 Å². The number of nitrogens with two attached hydrogens (primary N) is 2. The Balaban J connectivity index is 2.10. The predicted octanol–water partition coefficient (Wildman–Crippen LogP) is 2.63. The molecule has 5 heteroatoms. The van der Waals surface area contributed by atoms with Crippen LogP contribution in [0, 0.1) is 0 Å². The van der Waals surface area contributed by atoms with Crippen LogP contribution in [0.2, 0.25) is 0 Å². The Morgan fingerprint density at radius 3 is 2.21 bits per heavy atom. The molecule has 0 aliphatic rings. The largest absolute Gasteiger partial charge is 0.481 e. The van der Waals surface area contributed by atoms with Crippen LogP contribution >= 0.6 is 11.8 Å². The van der Waals surface area contributed by atoms with E-state index < -0.39 is 5.97 Å². The molecule has 0 saturated carbocycles. The Bertz CT molecular complexity index is 597. The Labute approximate surface area is 115 Å². The molecule has 0 aliphatic carbocycles. The smallest absolute Gasteiger partial charge is 0.307 e. The number of carbonyl (C=O) groups is 1. The normalized spacial score (nSPS) is 10.3. The number of aliphatic carboxylic acids is 1. The third-order valence-corrected chi connectivity index (χ3v) is 3.57. The van der Waals surface area contributed by atoms with Crippen LogP contribution < -0.4 is 11.5 Å². The molecule has 2 rings (SSSR count).